The van der Waals surface area contributed by atoms with Crippen LogP contribution in [0.2, 0.25) is 19.1 Å². The first-order valence-electron chi connectivity index (χ1n) is 14.5. The van der Waals surface area contributed by atoms with Gasteiger partial charge in [-0.3, -0.25) is 4.79 Å². The van der Waals surface area contributed by atoms with Crippen LogP contribution < -0.4 is 10.6 Å². The van der Waals surface area contributed by atoms with Crippen LogP contribution in [0.3, 0.4) is 0 Å². The molecule has 0 spiro atoms. The third kappa shape index (κ3) is 8.30. The van der Waals surface area contributed by atoms with E-state index in [0.717, 1.165) is 23.6 Å². The van der Waals surface area contributed by atoms with Gasteiger partial charge in [0.1, 0.15) is 6.61 Å². The Bertz CT molecular complexity index is 1310. The number of amides is 2. The molecule has 4 rings (SSSR count). The lowest BCUT2D eigenvalue weighted by molar-refractivity contribution is -0.116. The summed E-state index contributed by atoms with van der Waals surface area (Å²) in [7, 11) is -2.07. The average molecular weight is 573 g/mol. The summed E-state index contributed by atoms with van der Waals surface area (Å²) in [5.74, 6) is -0.585. The van der Waals surface area contributed by atoms with Crippen molar-refractivity contribution in [1.29, 1.82) is 0 Å². The Morgan fingerprint density at radius 1 is 0.829 bits per heavy atom. The zero-order valence-electron chi connectivity index (χ0n) is 24.2. The summed E-state index contributed by atoms with van der Waals surface area (Å²) >= 11 is 0. The molecule has 1 aliphatic carbocycles. The quantitative estimate of drug-likeness (QED) is 0.163. The molecule has 1 aliphatic rings. The van der Waals surface area contributed by atoms with Crippen molar-refractivity contribution in [3.8, 4) is 11.1 Å². The molecule has 0 saturated heterocycles. The van der Waals surface area contributed by atoms with Gasteiger partial charge in [0, 0.05) is 24.6 Å². The maximum atomic E-state index is 12.6. The minimum atomic E-state index is -2.07. The summed E-state index contributed by atoms with van der Waals surface area (Å²) in [6, 6.07) is 24.0. The fraction of sp³-hybridized carbons (Fsp3) is 0.364. The van der Waals surface area contributed by atoms with Crippen LogP contribution in [0.1, 0.15) is 66.4 Å². The molecule has 0 unspecified atom stereocenters. The van der Waals surface area contributed by atoms with Gasteiger partial charge in [0.05, 0.1) is 5.56 Å². The molecular weight excluding hydrogens is 532 g/mol. The highest BCUT2D eigenvalue weighted by Gasteiger charge is 2.29. The normalized spacial score (nSPS) is 12.3. The lowest BCUT2D eigenvalue weighted by atomic mass is 9.98. The molecule has 0 atom stereocenters. The second-order valence-corrected chi connectivity index (χ2v) is 15.3. The molecule has 3 aromatic rings. The Balaban J connectivity index is 1.17. The summed E-state index contributed by atoms with van der Waals surface area (Å²) in [6.07, 6.45) is 4.17. The number of carbonyl (C=O) groups is 3. The first-order valence-corrected chi connectivity index (χ1v) is 17.6. The van der Waals surface area contributed by atoms with Crippen LogP contribution in [0.4, 0.5) is 10.5 Å². The fourth-order valence-corrected chi connectivity index (χ4v) is 7.00. The van der Waals surface area contributed by atoms with Crippen molar-refractivity contribution in [2.75, 3.05) is 18.5 Å². The van der Waals surface area contributed by atoms with Crippen molar-refractivity contribution < 1.29 is 23.5 Å². The first kappa shape index (κ1) is 30.1. The Kier molecular flexibility index (Phi) is 10.4. The molecular formula is C33H40N2O5Si. The Morgan fingerprint density at radius 2 is 1.46 bits per heavy atom. The number of nitrogens with one attached hydrogen (secondary N) is 2. The van der Waals surface area contributed by atoms with E-state index >= 15 is 0 Å². The number of ether oxygens (including phenoxy) is 1. The standard InChI is InChI=1S/C33H40N2O5Si/c1-4-5-6-11-22-41(2,3)40-32(37)24-16-18-25(19-17-24)35-31(36)20-21-34-33(38)39-23-30-28-14-9-7-12-26(28)27-13-8-10-15-29(27)30/h7-10,12-19,30H,4-6,11,20-23H2,1-3H3,(H,34,38)(H,35,36). The Labute approximate surface area is 243 Å². The number of unbranched alkanes of at least 4 members (excludes halogenated alkanes) is 3. The number of alkyl carbamates (subject to hydrolysis) is 1. The molecule has 41 heavy (non-hydrogen) atoms. The van der Waals surface area contributed by atoms with Crippen molar-refractivity contribution in [2.45, 2.75) is 64.1 Å². The van der Waals surface area contributed by atoms with Gasteiger partial charge in [0.15, 0.2) is 0 Å². The highest BCUT2D eigenvalue weighted by atomic mass is 28.4. The zero-order valence-corrected chi connectivity index (χ0v) is 25.2. The van der Waals surface area contributed by atoms with Crippen molar-refractivity contribution in [2.24, 2.45) is 0 Å². The molecule has 2 N–H and O–H groups in total. The number of anilines is 1. The molecule has 2 amide bonds. The number of hydrogen-bond acceptors (Lipinski definition) is 5. The van der Waals surface area contributed by atoms with Crippen LogP contribution in [0.25, 0.3) is 11.1 Å². The maximum Gasteiger partial charge on any atom is 0.407 e. The zero-order chi connectivity index (χ0) is 29.2. The van der Waals surface area contributed by atoms with Crippen LogP contribution >= 0.6 is 0 Å². The van der Waals surface area contributed by atoms with E-state index in [9.17, 15) is 14.4 Å². The Hall–Kier alpha value is -3.91. The maximum absolute atomic E-state index is 12.6. The first-order chi connectivity index (χ1) is 19.8. The van der Waals surface area contributed by atoms with Gasteiger partial charge in [-0.25, -0.2) is 9.59 Å². The van der Waals surface area contributed by atoms with Crippen LogP contribution in [0.15, 0.2) is 72.8 Å². The van der Waals surface area contributed by atoms with E-state index in [2.05, 4.69) is 54.9 Å². The average Bonchev–Trinajstić information content (AvgIpc) is 3.28. The molecule has 0 bridgehead atoms. The fourth-order valence-electron chi connectivity index (χ4n) is 5.18. The predicted molar refractivity (Wildman–Crippen MR) is 165 cm³/mol. The van der Waals surface area contributed by atoms with E-state index in [4.69, 9.17) is 9.16 Å². The number of hydrogen-bond donors (Lipinski definition) is 2. The van der Waals surface area contributed by atoms with E-state index in [1.165, 1.54) is 30.4 Å². The molecule has 8 heteroatoms. The second-order valence-electron chi connectivity index (χ2n) is 11.1. The van der Waals surface area contributed by atoms with Gasteiger partial charge < -0.3 is 19.8 Å². The molecule has 216 valence electrons. The van der Waals surface area contributed by atoms with E-state index in [-0.39, 0.29) is 37.4 Å². The van der Waals surface area contributed by atoms with E-state index < -0.39 is 14.4 Å². The summed E-state index contributed by atoms with van der Waals surface area (Å²) in [5, 5.41) is 5.45. The molecule has 0 aromatic heterocycles. The van der Waals surface area contributed by atoms with E-state index in [0.29, 0.717) is 11.3 Å². The molecule has 0 saturated carbocycles. The van der Waals surface area contributed by atoms with Gasteiger partial charge in [-0.1, -0.05) is 81.1 Å². The summed E-state index contributed by atoms with van der Waals surface area (Å²) < 4.78 is 11.4. The number of fused-ring (bicyclic) bond motifs is 3. The minimum absolute atomic E-state index is 0.0177. The van der Waals surface area contributed by atoms with Crippen LogP contribution in [-0.2, 0) is 14.0 Å². The van der Waals surface area contributed by atoms with Crippen molar-refractivity contribution in [3.05, 3.63) is 89.5 Å². The van der Waals surface area contributed by atoms with Gasteiger partial charge in [-0.2, -0.15) is 0 Å². The topological polar surface area (TPSA) is 93.7 Å². The van der Waals surface area contributed by atoms with Crippen molar-refractivity contribution >= 4 is 32.0 Å². The van der Waals surface area contributed by atoms with Crippen LogP contribution in [0, 0.1) is 0 Å². The molecule has 0 fully saturated rings. The predicted octanol–water partition coefficient (Wildman–Crippen LogP) is 7.50. The van der Waals surface area contributed by atoms with E-state index in [1.807, 2.05) is 24.3 Å². The molecule has 7 nitrogen and oxygen atoms in total. The van der Waals surface area contributed by atoms with Crippen molar-refractivity contribution in [1.82, 2.24) is 5.32 Å². The lowest BCUT2D eigenvalue weighted by Gasteiger charge is -2.22. The third-order valence-corrected chi connectivity index (χ3v) is 9.67. The van der Waals surface area contributed by atoms with Gasteiger partial charge in [-0.15, -0.1) is 0 Å². The highest BCUT2D eigenvalue weighted by molar-refractivity contribution is 6.72. The molecule has 0 heterocycles. The largest absolute Gasteiger partial charge is 0.516 e. The van der Waals surface area contributed by atoms with Gasteiger partial charge in [0.25, 0.3) is 0 Å². The SMILES string of the molecule is CCCCCC[Si](C)(C)OC(=O)c1ccc(NC(=O)CCNC(=O)OCC2c3ccccc3-c3ccccc32)cc1. The molecule has 0 radical (unpaired) electrons. The summed E-state index contributed by atoms with van der Waals surface area (Å²) in [5.41, 5.74) is 5.67. The third-order valence-electron chi connectivity index (χ3n) is 7.37. The van der Waals surface area contributed by atoms with Gasteiger partial charge in [-0.05, 0) is 65.7 Å². The highest BCUT2D eigenvalue weighted by Crippen LogP contribution is 2.44. The monoisotopic (exact) mass is 572 g/mol. The lowest BCUT2D eigenvalue weighted by Crippen LogP contribution is -2.33. The second kappa shape index (κ2) is 14.1. The number of rotatable bonds is 13. The summed E-state index contributed by atoms with van der Waals surface area (Å²) in [6.45, 7) is 6.69. The van der Waals surface area contributed by atoms with Crippen LogP contribution in [0.5, 0.6) is 0 Å². The van der Waals surface area contributed by atoms with E-state index in [1.54, 1.807) is 24.3 Å². The molecule has 0 aliphatic heterocycles. The Morgan fingerprint density at radius 3 is 2.10 bits per heavy atom. The summed E-state index contributed by atoms with van der Waals surface area (Å²) in [4.78, 5) is 37.4. The van der Waals surface area contributed by atoms with Gasteiger partial charge >= 0.3 is 12.1 Å². The smallest absolute Gasteiger partial charge is 0.407 e. The van der Waals surface area contributed by atoms with Crippen molar-refractivity contribution in [3.63, 3.8) is 0 Å². The number of carbonyl (C=O) groups excluding carboxylic acids is 3. The van der Waals surface area contributed by atoms with Gasteiger partial charge in [0.2, 0.25) is 14.2 Å². The molecule has 3 aromatic carbocycles. The van der Waals surface area contributed by atoms with Crippen LogP contribution in [-0.4, -0.2) is 39.4 Å². The number of benzene rings is 3. The minimum Gasteiger partial charge on any atom is -0.516 e.